The maximum absolute atomic E-state index is 15.6. The van der Waals surface area contributed by atoms with Gasteiger partial charge in [0.05, 0.1) is 6.04 Å². The highest BCUT2D eigenvalue weighted by Gasteiger charge is 2.61. The van der Waals surface area contributed by atoms with Crippen LogP contribution in [0.2, 0.25) is 0 Å². The zero-order valence-electron chi connectivity index (χ0n) is 19.4. The smallest absolute Gasteiger partial charge is 0.326 e. The lowest BCUT2D eigenvalue weighted by Gasteiger charge is -2.30. The summed E-state index contributed by atoms with van der Waals surface area (Å²) >= 11 is 0. The van der Waals surface area contributed by atoms with E-state index in [2.05, 4.69) is 4.72 Å². The highest BCUT2D eigenvalue weighted by Crippen LogP contribution is 2.55. The Labute approximate surface area is 205 Å². The number of nitrogens with one attached hydrogen (secondary N) is 2. The number of alkyl halides is 4. The van der Waals surface area contributed by atoms with E-state index in [0.717, 1.165) is 11.8 Å². The van der Waals surface area contributed by atoms with Crippen LogP contribution in [0.3, 0.4) is 0 Å². The van der Waals surface area contributed by atoms with Gasteiger partial charge in [-0.2, -0.15) is 13.2 Å². The van der Waals surface area contributed by atoms with Crippen LogP contribution in [0.25, 0.3) is 11.1 Å². The summed E-state index contributed by atoms with van der Waals surface area (Å²) < 4.78 is 94.6. The summed E-state index contributed by atoms with van der Waals surface area (Å²) in [5, 5.41) is 1.91. The Hall–Kier alpha value is -2.73. The molecule has 3 atom stereocenters. The van der Waals surface area contributed by atoms with Gasteiger partial charge in [0.15, 0.2) is 0 Å². The molecule has 0 bridgehead atoms. The SMILES string of the molecule is C[C@@H](NC(=O)N1CC2(CC2)[C@H](NS(=O)(=O)CF)[C@@H]1Cc1cccc(-c2ccccc2)c1F)C(F)(F)F. The molecular weight excluding hydrogens is 505 g/mol. The summed E-state index contributed by atoms with van der Waals surface area (Å²) in [6.45, 7) is 0.760. The summed E-state index contributed by atoms with van der Waals surface area (Å²) in [6.07, 6.45) is -3.88. The standard InChI is InChI=1S/C24H26F5N3O3S/c1-15(24(27,28)29)30-22(33)32-13-23(10-11-23)21(31-36(34,35)14-25)19(32)12-17-8-5-9-18(20(17)26)16-6-3-2-4-7-16/h2-9,15,19,21,31H,10-14H2,1H3,(H,30,33)/t15-,19+,21-/m1/s1. The lowest BCUT2D eigenvalue weighted by molar-refractivity contribution is -0.149. The summed E-state index contributed by atoms with van der Waals surface area (Å²) in [5.41, 5.74) is 0.296. The van der Waals surface area contributed by atoms with Crippen molar-refractivity contribution in [3.8, 4) is 11.1 Å². The van der Waals surface area contributed by atoms with Gasteiger partial charge < -0.3 is 10.2 Å². The summed E-state index contributed by atoms with van der Waals surface area (Å²) in [5.74, 6) is -0.587. The zero-order chi connectivity index (χ0) is 26.3. The quantitative estimate of drug-likeness (QED) is 0.521. The van der Waals surface area contributed by atoms with Crippen molar-refractivity contribution in [1.29, 1.82) is 0 Å². The van der Waals surface area contributed by atoms with Gasteiger partial charge in [-0.15, -0.1) is 0 Å². The fraction of sp³-hybridized carbons (Fsp3) is 0.458. The minimum atomic E-state index is -4.69. The maximum Gasteiger partial charge on any atom is 0.408 e. The van der Waals surface area contributed by atoms with Crippen molar-refractivity contribution >= 4 is 16.1 Å². The number of likely N-dealkylation sites (tertiary alicyclic amines) is 1. The van der Waals surface area contributed by atoms with E-state index >= 15 is 4.39 Å². The number of hydrogen-bond acceptors (Lipinski definition) is 3. The van der Waals surface area contributed by atoms with Gasteiger partial charge in [0.1, 0.15) is 11.9 Å². The van der Waals surface area contributed by atoms with E-state index in [1.54, 1.807) is 42.5 Å². The Bertz CT molecular complexity index is 1220. The van der Waals surface area contributed by atoms with Crippen molar-refractivity contribution in [2.75, 3.05) is 12.6 Å². The number of carbonyl (C=O) groups is 1. The molecule has 1 spiro atoms. The Balaban J connectivity index is 1.70. The fourth-order valence-electron chi connectivity index (χ4n) is 4.80. The van der Waals surface area contributed by atoms with E-state index < -0.39 is 57.6 Å². The van der Waals surface area contributed by atoms with Gasteiger partial charge in [-0.3, -0.25) is 0 Å². The van der Waals surface area contributed by atoms with Crippen molar-refractivity contribution < 1.29 is 35.2 Å². The molecule has 0 unspecified atom stereocenters. The minimum Gasteiger partial charge on any atom is -0.326 e. The monoisotopic (exact) mass is 531 g/mol. The van der Waals surface area contributed by atoms with Gasteiger partial charge >= 0.3 is 12.2 Å². The molecule has 1 saturated carbocycles. The molecule has 4 rings (SSSR count). The van der Waals surface area contributed by atoms with Gasteiger partial charge in [0.2, 0.25) is 16.0 Å². The largest absolute Gasteiger partial charge is 0.408 e. The third-order valence-electron chi connectivity index (χ3n) is 6.96. The highest BCUT2D eigenvalue weighted by atomic mass is 32.2. The van der Waals surface area contributed by atoms with Gasteiger partial charge in [-0.25, -0.2) is 26.7 Å². The van der Waals surface area contributed by atoms with Crippen LogP contribution in [-0.4, -0.2) is 56.2 Å². The van der Waals surface area contributed by atoms with E-state index in [9.17, 15) is 30.8 Å². The number of hydrogen-bond donors (Lipinski definition) is 2. The Morgan fingerprint density at radius 2 is 1.81 bits per heavy atom. The molecule has 1 saturated heterocycles. The first-order valence-corrected chi connectivity index (χ1v) is 13.0. The predicted molar refractivity (Wildman–Crippen MR) is 124 cm³/mol. The normalized spacial score (nSPS) is 22.0. The second-order valence-electron chi connectivity index (χ2n) is 9.44. The van der Waals surface area contributed by atoms with E-state index in [1.165, 1.54) is 6.07 Å². The maximum atomic E-state index is 15.6. The summed E-state index contributed by atoms with van der Waals surface area (Å²) in [4.78, 5) is 14.1. The first-order chi connectivity index (χ1) is 16.9. The van der Waals surface area contributed by atoms with Crippen molar-refractivity contribution in [3.63, 3.8) is 0 Å². The molecule has 1 heterocycles. The van der Waals surface area contributed by atoms with Gasteiger partial charge in [0, 0.05) is 23.6 Å². The van der Waals surface area contributed by atoms with Crippen molar-refractivity contribution in [2.45, 2.75) is 50.5 Å². The third-order valence-corrected chi connectivity index (χ3v) is 7.86. The topological polar surface area (TPSA) is 78.5 Å². The molecule has 196 valence electrons. The van der Waals surface area contributed by atoms with Crippen molar-refractivity contribution in [2.24, 2.45) is 5.41 Å². The van der Waals surface area contributed by atoms with Crippen LogP contribution < -0.4 is 10.0 Å². The molecule has 36 heavy (non-hydrogen) atoms. The van der Waals surface area contributed by atoms with Crippen LogP contribution in [0, 0.1) is 11.2 Å². The number of carbonyl (C=O) groups excluding carboxylic acids is 1. The molecule has 2 amide bonds. The number of halogens is 5. The molecule has 0 aromatic heterocycles. The molecule has 2 N–H and O–H groups in total. The number of urea groups is 1. The Morgan fingerprint density at radius 3 is 2.39 bits per heavy atom. The fourth-order valence-corrected chi connectivity index (χ4v) is 5.66. The first-order valence-electron chi connectivity index (χ1n) is 11.4. The number of rotatable bonds is 7. The lowest BCUT2D eigenvalue weighted by atomic mass is 9.91. The number of amides is 2. The molecule has 12 heteroatoms. The summed E-state index contributed by atoms with van der Waals surface area (Å²) in [7, 11) is -4.36. The second-order valence-corrected chi connectivity index (χ2v) is 11.1. The Kier molecular flexibility index (Phi) is 7.04. The average molecular weight is 532 g/mol. The lowest BCUT2D eigenvalue weighted by Crippen LogP contribution is -2.54. The minimum absolute atomic E-state index is 0.0342. The van der Waals surface area contributed by atoms with E-state index in [-0.39, 0.29) is 24.1 Å². The molecule has 0 radical (unpaired) electrons. The predicted octanol–water partition coefficient (Wildman–Crippen LogP) is 4.38. The zero-order valence-corrected chi connectivity index (χ0v) is 20.2. The molecule has 2 fully saturated rings. The van der Waals surface area contributed by atoms with Gasteiger partial charge in [0.25, 0.3) is 0 Å². The first kappa shape index (κ1) is 26.3. The molecule has 2 aliphatic rings. The molecule has 2 aromatic carbocycles. The van der Waals surface area contributed by atoms with Crippen LogP contribution in [0.1, 0.15) is 25.3 Å². The van der Waals surface area contributed by atoms with Gasteiger partial charge in [-0.1, -0.05) is 48.5 Å². The highest BCUT2D eigenvalue weighted by molar-refractivity contribution is 7.89. The van der Waals surface area contributed by atoms with Crippen molar-refractivity contribution in [3.05, 3.63) is 59.9 Å². The summed E-state index contributed by atoms with van der Waals surface area (Å²) in [6, 6.07) is 6.45. The molecular formula is C24H26F5N3O3S. The van der Waals surface area contributed by atoms with Crippen molar-refractivity contribution in [1.82, 2.24) is 14.9 Å². The van der Waals surface area contributed by atoms with Crippen LogP contribution in [0.15, 0.2) is 48.5 Å². The van der Waals surface area contributed by atoms with Gasteiger partial charge in [-0.05, 0) is 37.3 Å². The number of nitrogens with zero attached hydrogens (tertiary/aromatic N) is 1. The Morgan fingerprint density at radius 1 is 1.14 bits per heavy atom. The molecule has 2 aromatic rings. The van der Waals surface area contributed by atoms with Crippen LogP contribution >= 0.6 is 0 Å². The van der Waals surface area contributed by atoms with E-state index in [4.69, 9.17) is 0 Å². The third kappa shape index (κ3) is 5.34. The molecule has 1 aliphatic carbocycles. The number of benzene rings is 2. The van der Waals surface area contributed by atoms with Crippen LogP contribution in [-0.2, 0) is 16.4 Å². The van der Waals surface area contributed by atoms with E-state index in [1.807, 2.05) is 5.32 Å². The van der Waals surface area contributed by atoms with E-state index in [0.29, 0.717) is 18.4 Å². The number of sulfonamides is 1. The molecule has 6 nitrogen and oxygen atoms in total. The van der Waals surface area contributed by atoms with Crippen LogP contribution in [0.4, 0.5) is 26.7 Å². The van der Waals surface area contributed by atoms with Crippen LogP contribution in [0.5, 0.6) is 0 Å². The second kappa shape index (κ2) is 9.62. The molecule has 1 aliphatic heterocycles. The average Bonchev–Trinajstić information content (AvgIpc) is 3.55.